The van der Waals surface area contributed by atoms with E-state index in [9.17, 15) is 0 Å². The molecule has 0 aliphatic carbocycles. The SMILES string of the molecule is CC1(Oc2cccc(CCN)c2)N=NN=N1. The van der Waals surface area contributed by atoms with Gasteiger partial charge in [0.2, 0.25) is 0 Å². The van der Waals surface area contributed by atoms with Crippen molar-refractivity contribution in [2.24, 2.45) is 26.4 Å². The first-order valence-corrected chi connectivity index (χ1v) is 5.04. The molecule has 1 heterocycles. The Morgan fingerprint density at radius 1 is 1.31 bits per heavy atom. The van der Waals surface area contributed by atoms with Crippen molar-refractivity contribution in [1.82, 2.24) is 0 Å². The third kappa shape index (κ3) is 2.40. The summed E-state index contributed by atoms with van der Waals surface area (Å²) in [6.07, 6.45) is 0.816. The van der Waals surface area contributed by atoms with Crippen molar-refractivity contribution in [2.45, 2.75) is 19.2 Å². The Labute approximate surface area is 93.2 Å². The fraction of sp³-hybridized carbons (Fsp3) is 0.400. The zero-order chi connectivity index (χ0) is 11.4. The van der Waals surface area contributed by atoms with E-state index >= 15 is 0 Å². The standard InChI is InChI=1S/C10H13N5O/c1-10(12-14-15-13-10)16-9-4-2-3-8(7-9)5-6-11/h2-4,7H,5-6,11H2,1H3. The molecular formula is C10H13N5O. The minimum absolute atomic E-state index is 0.611. The molecule has 1 aliphatic rings. The Morgan fingerprint density at radius 2 is 2.06 bits per heavy atom. The lowest BCUT2D eigenvalue weighted by molar-refractivity contribution is 0.105. The van der Waals surface area contributed by atoms with Gasteiger partial charge in [-0.3, -0.25) is 0 Å². The quantitative estimate of drug-likeness (QED) is 0.840. The van der Waals surface area contributed by atoms with Crippen molar-refractivity contribution in [3.8, 4) is 5.75 Å². The summed E-state index contributed by atoms with van der Waals surface area (Å²) in [5, 5.41) is 14.4. The van der Waals surface area contributed by atoms with E-state index in [1.54, 1.807) is 6.92 Å². The molecule has 0 radical (unpaired) electrons. The van der Waals surface area contributed by atoms with Gasteiger partial charge in [-0.05, 0) is 41.1 Å². The second kappa shape index (κ2) is 4.36. The van der Waals surface area contributed by atoms with Gasteiger partial charge in [-0.2, -0.15) is 0 Å². The van der Waals surface area contributed by atoms with Gasteiger partial charge in [0.15, 0.2) is 0 Å². The van der Waals surface area contributed by atoms with E-state index in [0.717, 1.165) is 12.0 Å². The second-order valence-corrected chi connectivity index (χ2v) is 3.60. The summed E-state index contributed by atoms with van der Waals surface area (Å²) in [6, 6.07) is 7.67. The molecule has 0 aromatic heterocycles. The zero-order valence-corrected chi connectivity index (χ0v) is 9.00. The molecule has 0 fully saturated rings. The van der Waals surface area contributed by atoms with Crippen LogP contribution in [0.5, 0.6) is 5.75 Å². The molecule has 0 saturated carbocycles. The summed E-state index contributed by atoms with van der Waals surface area (Å²) in [5.41, 5.74) is 6.61. The molecule has 0 unspecified atom stereocenters. The smallest absolute Gasteiger partial charge is 0.334 e. The average molecular weight is 219 g/mol. The van der Waals surface area contributed by atoms with Gasteiger partial charge in [-0.15, -0.1) is 0 Å². The number of hydrogen-bond donors (Lipinski definition) is 1. The molecule has 0 spiro atoms. The predicted octanol–water partition coefficient (Wildman–Crippen LogP) is 2.07. The maximum Gasteiger partial charge on any atom is 0.334 e. The van der Waals surface area contributed by atoms with E-state index in [0.29, 0.717) is 12.3 Å². The van der Waals surface area contributed by atoms with Gasteiger partial charge >= 0.3 is 5.85 Å². The van der Waals surface area contributed by atoms with E-state index in [1.165, 1.54) is 0 Å². The minimum atomic E-state index is -1.03. The fourth-order valence-electron chi connectivity index (χ4n) is 1.42. The van der Waals surface area contributed by atoms with Crippen LogP contribution < -0.4 is 10.5 Å². The lowest BCUT2D eigenvalue weighted by Gasteiger charge is -2.16. The summed E-state index contributed by atoms with van der Waals surface area (Å²) in [5.74, 6) is -0.338. The summed E-state index contributed by atoms with van der Waals surface area (Å²) in [6.45, 7) is 2.31. The van der Waals surface area contributed by atoms with Gasteiger partial charge in [-0.1, -0.05) is 22.4 Å². The molecule has 1 aromatic carbocycles. The number of hydrogen-bond acceptors (Lipinski definition) is 6. The summed E-state index contributed by atoms with van der Waals surface area (Å²) in [4.78, 5) is 0. The largest absolute Gasteiger partial charge is 0.444 e. The first kappa shape index (κ1) is 10.7. The highest BCUT2D eigenvalue weighted by Gasteiger charge is 2.28. The van der Waals surface area contributed by atoms with Crippen LogP contribution in [0.25, 0.3) is 0 Å². The molecule has 84 valence electrons. The van der Waals surface area contributed by atoms with Crippen LogP contribution >= 0.6 is 0 Å². The molecule has 6 nitrogen and oxygen atoms in total. The topological polar surface area (TPSA) is 84.7 Å². The number of rotatable bonds is 4. The third-order valence-electron chi connectivity index (χ3n) is 2.14. The van der Waals surface area contributed by atoms with Crippen molar-refractivity contribution < 1.29 is 4.74 Å². The Kier molecular flexibility index (Phi) is 2.91. The van der Waals surface area contributed by atoms with Gasteiger partial charge in [0, 0.05) is 6.92 Å². The highest BCUT2D eigenvalue weighted by molar-refractivity contribution is 5.29. The van der Waals surface area contributed by atoms with E-state index in [4.69, 9.17) is 10.5 Å². The van der Waals surface area contributed by atoms with Crippen molar-refractivity contribution >= 4 is 0 Å². The average Bonchev–Trinajstić information content (AvgIpc) is 2.66. The minimum Gasteiger partial charge on any atom is -0.444 e. The van der Waals surface area contributed by atoms with Crippen LogP contribution in [0.3, 0.4) is 0 Å². The maximum atomic E-state index is 5.59. The summed E-state index contributed by atoms with van der Waals surface area (Å²) in [7, 11) is 0. The van der Waals surface area contributed by atoms with Crippen LogP contribution in [0.15, 0.2) is 44.9 Å². The molecule has 0 saturated heterocycles. The Hall–Kier alpha value is -1.82. The molecule has 1 aromatic rings. The molecule has 0 bridgehead atoms. The Morgan fingerprint density at radius 3 is 2.75 bits per heavy atom. The molecule has 2 N–H and O–H groups in total. The van der Waals surface area contributed by atoms with Gasteiger partial charge in [-0.25, -0.2) is 0 Å². The fourth-order valence-corrected chi connectivity index (χ4v) is 1.42. The van der Waals surface area contributed by atoms with Gasteiger partial charge in [0.1, 0.15) is 5.75 Å². The Balaban J connectivity index is 2.12. The highest BCUT2D eigenvalue weighted by atomic mass is 16.5. The monoisotopic (exact) mass is 219 g/mol. The van der Waals surface area contributed by atoms with Crippen molar-refractivity contribution in [1.29, 1.82) is 0 Å². The number of nitrogens with zero attached hydrogens (tertiary/aromatic N) is 4. The van der Waals surface area contributed by atoms with Crippen LogP contribution in [0.1, 0.15) is 12.5 Å². The second-order valence-electron chi connectivity index (χ2n) is 3.60. The summed E-state index contributed by atoms with van der Waals surface area (Å²) < 4.78 is 5.59. The van der Waals surface area contributed by atoms with E-state index in [1.807, 2.05) is 24.3 Å². The van der Waals surface area contributed by atoms with E-state index in [-0.39, 0.29) is 0 Å². The van der Waals surface area contributed by atoms with Crippen molar-refractivity contribution in [3.63, 3.8) is 0 Å². The van der Waals surface area contributed by atoms with Crippen molar-refractivity contribution in [3.05, 3.63) is 29.8 Å². The number of benzene rings is 1. The van der Waals surface area contributed by atoms with Crippen LogP contribution in [-0.4, -0.2) is 12.4 Å². The van der Waals surface area contributed by atoms with Crippen LogP contribution in [0.4, 0.5) is 0 Å². The maximum absolute atomic E-state index is 5.59. The lowest BCUT2D eigenvalue weighted by atomic mass is 10.1. The number of nitrogens with two attached hydrogens (primary N) is 1. The van der Waals surface area contributed by atoms with Gasteiger partial charge in [0.25, 0.3) is 0 Å². The molecule has 0 amide bonds. The number of ether oxygens (including phenoxy) is 1. The molecular weight excluding hydrogens is 206 g/mol. The molecule has 1 aliphatic heterocycles. The first-order chi connectivity index (χ1) is 7.72. The molecule has 6 heteroatoms. The zero-order valence-electron chi connectivity index (χ0n) is 9.00. The molecule has 16 heavy (non-hydrogen) atoms. The van der Waals surface area contributed by atoms with Gasteiger partial charge < -0.3 is 10.5 Å². The predicted molar refractivity (Wildman–Crippen MR) is 57.9 cm³/mol. The summed E-state index contributed by atoms with van der Waals surface area (Å²) >= 11 is 0. The third-order valence-corrected chi connectivity index (χ3v) is 2.14. The van der Waals surface area contributed by atoms with E-state index < -0.39 is 5.85 Å². The van der Waals surface area contributed by atoms with E-state index in [2.05, 4.69) is 20.7 Å². The van der Waals surface area contributed by atoms with Gasteiger partial charge in [0.05, 0.1) is 0 Å². The molecule has 2 rings (SSSR count). The molecule has 0 atom stereocenters. The first-order valence-electron chi connectivity index (χ1n) is 5.04. The van der Waals surface area contributed by atoms with Crippen molar-refractivity contribution in [2.75, 3.05) is 6.54 Å². The van der Waals surface area contributed by atoms with Crippen LogP contribution in [-0.2, 0) is 6.42 Å². The highest BCUT2D eigenvalue weighted by Crippen LogP contribution is 2.25. The Bertz CT molecular complexity index is 417. The van der Waals surface area contributed by atoms with Crippen LogP contribution in [0.2, 0.25) is 0 Å². The van der Waals surface area contributed by atoms with Crippen LogP contribution in [0, 0.1) is 0 Å². The lowest BCUT2D eigenvalue weighted by Crippen LogP contribution is -2.24. The normalized spacial score (nSPS) is 16.6.